The summed E-state index contributed by atoms with van der Waals surface area (Å²) in [4.78, 5) is 35.8. The van der Waals surface area contributed by atoms with Crippen LogP contribution in [0.4, 0.5) is 5.13 Å². The van der Waals surface area contributed by atoms with E-state index in [9.17, 15) is 9.59 Å². The van der Waals surface area contributed by atoms with E-state index in [4.69, 9.17) is 4.74 Å². The molecule has 9 heteroatoms. The van der Waals surface area contributed by atoms with E-state index in [-0.39, 0.29) is 24.4 Å². The second-order valence-electron chi connectivity index (χ2n) is 7.00. The minimum Gasteiger partial charge on any atom is -0.494 e. The molecule has 0 fully saturated rings. The zero-order valence-electron chi connectivity index (χ0n) is 17.5. The summed E-state index contributed by atoms with van der Waals surface area (Å²) in [5, 5.41) is 5.89. The molecule has 0 bridgehead atoms. The molecule has 0 saturated carbocycles. The van der Waals surface area contributed by atoms with E-state index in [1.54, 1.807) is 0 Å². The molecule has 0 spiro atoms. The summed E-state index contributed by atoms with van der Waals surface area (Å²) in [6.45, 7) is 6.74. The quantitative estimate of drug-likeness (QED) is 0.440. The molecule has 4 rings (SSSR count). The second-order valence-corrected chi connectivity index (χ2v) is 9.06. The van der Waals surface area contributed by atoms with Crippen LogP contribution in [0.15, 0.2) is 40.8 Å². The molecular formula is C22H22N4O3S2. The number of rotatable bonds is 7. The maximum absolute atomic E-state index is 12.7. The molecule has 0 aliphatic rings. The van der Waals surface area contributed by atoms with Gasteiger partial charge in [-0.15, -0.1) is 22.7 Å². The highest BCUT2D eigenvalue weighted by atomic mass is 32.1. The van der Waals surface area contributed by atoms with Crippen LogP contribution < -0.4 is 15.6 Å². The molecule has 0 aliphatic heterocycles. The highest BCUT2D eigenvalue weighted by Gasteiger charge is 2.13. The second kappa shape index (κ2) is 8.99. The summed E-state index contributed by atoms with van der Waals surface area (Å²) in [7, 11) is 0. The van der Waals surface area contributed by atoms with Crippen molar-refractivity contribution in [2.24, 2.45) is 0 Å². The van der Waals surface area contributed by atoms with Crippen LogP contribution in [0.2, 0.25) is 0 Å². The Morgan fingerprint density at radius 3 is 2.74 bits per heavy atom. The van der Waals surface area contributed by atoms with Gasteiger partial charge in [-0.3, -0.25) is 14.2 Å². The molecule has 31 heavy (non-hydrogen) atoms. The minimum atomic E-state index is -0.196. The van der Waals surface area contributed by atoms with Crippen molar-refractivity contribution in [1.29, 1.82) is 0 Å². The first-order valence-electron chi connectivity index (χ1n) is 9.90. The van der Waals surface area contributed by atoms with Crippen LogP contribution in [0.5, 0.6) is 5.75 Å². The van der Waals surface area contributed by atoms with E-state index in [2.05, 4.69) is 15.3 Å². The van der Waals surface area contributed by atoms with Crippen LogP contribution >= 0.6 is 22.7 Å². The normalized spacial score (nSPS) is 11.1. The molecule has 3 aromatic heterocycles. The van der Waals surface area contributed by atoms with E-state index in [0.29, 0.717) is 17.1 Å². The van der Waals surface area contributed by atoms with Gasteiger partial charge < -0.3 is 10.1 Å². The zero-order chi connectivity index (χ0) is 22.0. The number of aromatic nitrogens is 3. The van der Waals surface area contributed by atoms with Crippen LogP contribution in [-0.4, -0.2) is 27.0 Å². The number of carbonyl (C=O) groups excluding carboxylic acids is 1. The van der Waals surface area contributed by atoms with Crippen LogP contribution in [0.25, 0.3) is 21.5 Å². The highest BCUT2D eigenvalue weighted by molar-refractivity contribution is 7.18. The molecule has 3 heterocycles. The lowest BCUT2D eigenvalue weighted by Gasteiger charge is -2.05. The van der Waals surface area contributed by atoms with Gasteiger partial charge >= 0.3 is 0 Å². The van der Waals surface area contributed by atoms with Crippen molar-refractivity contribution >= 4 is 43.9 Å². The van der Waals surface area contributed by atoms with Gasteiger partial charge in [0, 0.05) is 28.8 Å². The fourth-order valence-electron chi connectivity index (χ4n) is 3.19. The molecule has 160 valence electrons. The van der Waals surface area contributed by atoms with Crippen molar-refractivity contribution in [3.8, 4) is 17.0 Å². The Labute approximate surface area is 187 Å². The first-order valence-corrected chi connectivity index (χ1v) is 11.6. The number of amides is 1. The third-order valence-corrected chi connectivity index (χ3v) is 6.82. The Morgan fingerprint density at radius 2 is 2.00 bits per heavy atom. The van der Waals surface area contributed by atoms with Gasteiger partial charge in [0.2, 0.25) is 5.91 Å². The first-order chi connectivity index (χ1) is 15.0. The number of carbonyl (C=O) groups is 1. The number of nitrogens with zero attached hydrogens (tertiary/aromatic N) is 3. The van der Waals surface area contributed by atoms with Gasteiger partial charge in [-0.25, -0.2) is 9.97 Å². The number of anilines is 1. The third-order valence-electron chi connectivity index (χ3n) is 4.95. The number of thiazole rings is 1. The average Bonchev–Trinajstić information content (AvgIpc) is 3.33. The lowest BCUT2D eigenvalue weighted by Crippen LogP contribution is -2.23. The molecule has 0 radical (unpaired) electrons. The smallest absolute Gasteiger partial charge is 0.262 e. The lowest BCUT2D eigenvalue weighted by atomic mass is 10.2. The summed E-state index contributed by atoms with van der Waals surface area (Å²) >= 11 is 2.88. The molecule has 1 N–H and O–H groups in total. The maximum Gasteiger partial charge on any atom is 0.262 e. The monoisotopic (exact) mass is 454 g/mol. The van der Waals surface area contributed by atoms with Crippen LogP contribution in [0.1, 0.15) is 23.8 Å². The molecule has 7 nitrogen and oxygen atoms in total. The van der Waals surface area contributed by atoms with Gasteiger partial charge in [0.25, 0.3) is 5.56 Å². The Balaban J connectivity index is 1.40. The molecular weight excluding hydrogens is 432 g/mol. The molecule has 0 saturated heterocycles. The van der Waals surface area contributed by atoms with Gasteiger partial charge in [-0.2, -0.15) is 0 Å². The number of hydrogen-bond donors (Lipinski definition) is 1. The van der Waals surface area contributed by atoms with E-state index >= 15 is 0 Å². The van der Waals surface area contributed by atoms with Crippen LogP contribution in [-0.2, 0) is 11.3 Å². The number of ether oxygens (including phenoxy) is 1. The summed E-state index contributed by atoms with van der Waals surface area (Å²) in [5.74, 6) is 0.614. The van der Waals surface area contributed by atoms with Crippen molar-refractivity contribution in [3.05, 3.63) is 56.8 Å². The minimum absolute atomic E-state index is 0.105. The van der Waals surface area contributed by atoms with Crippen molar-refractivity contribution < 1.29 is 9.53 Å². The highest BCUT2D eigenvalue weighted by Crippen LogP contribution is 2.27. The fraction of sp³-hybridized carbons (Fsp3) is 0.273. The number of nitrogens with one attached hydrogen (secondary N) is 1. The standard InChI is InChI=1S/C22H22N4O3S2/c1-4-29-16-7-5-15(6-8-16)17-11-30-22(24-17)25-18(27)9-10-26-12-23-20-19(21(26)28)13(2)14(3)31-20/h5-8,11-12H,4,9-10H2,1-3H3,(H,24,25,27). The Kier molecular flexibility index (Phi) is 6.15. The topological polar surface area (TPSA) is 86.1 Å². The van der Waals surface area contributed by atoms with Gasteiger partial charge in [-0.05, 0) is 50.6 Å². The van der Waals surface area contributed by atoms with Gasteiger partial charge in [0.05, 0.1) is 24.0 Å². The number of thiophene rings is 1. The summed E-state index contributed by atoms with van der Waals surface area (Å²) in [5.41, 5.74) is 2.60. The number of hydrogen-bond acceptors (Lipinski definition) is 7. The Bertz CT molecular complexity index is 1290. The number of aryl methyl sites for hydroxylation is 3. The molecule has 0 unspecified atom stereocenters. The Hall–Kier alpha value is -3.04. The summed E-state index contributed by atoms with van der Waals surface area (Å²) < 4.78 is 6.95. The van der Waals surface area contributed by atoms with E-state index in [1.807, 2.05) is 50.4 Å². The first kappa shape index (κ1) is 21.2. The fourth-order valence-corrected chi connectivity index (χ4v) is 4.91. The largest absolute Gasteiger partial charge is 0.494 e. The van der Waals surface area contributed by atoms with Crippen LogP contribution in [0, 0.1) is 13.8 Å². The predicted molar refractivity (Wildman–Crippen MR) is 125 cm³/mol. The van der Waals surface area contributed by atoms with Crippen molar-refractivity contribution in [2.45, 2.75) is 33.7 Å². The SMILES string of the molecule is CCOc1ccc(-c2csc(NC(=O)CCn3cnc4sc(C)c(C)c4c3=O)n2)cc1. The predicted octanol–water partition coefficient (Wildman–Crippen LogP) is 4.63. The molecule has 1 aromatic carbocycles. The molecule has 0 atom stereocenters. The van der Waals surface area contributed by atoms with Crippen LogP contribution in [0.3, 0.4) is 0 Å². The van der Waals surface area contributed by atoms with Crippen molar-refractivity contribution in [2.75, 3.05) is 11.9 Å². The summed E-state index contributed by atoms with van der Waals surface area (Å²) in [6.07, 6.45) is 1.67. The third kappa shape index (κ3) is 4.52. The van der Waals surface area contributed by atoms with Crippen molar-refractivity contribution in [3.63, 3.8) is 0 Å². The van der Waals surface area contributed by atoms with Gasteiger partial charge in [0.15, 0.2) is 5.13 Å². The molecule has 4 aromatic rings. The van der Waals surface area contributed by atoms with E-state index in [0.717, 1.165) is 32.3 Å². The van der Waals surface area contributed by atoms with Gasteiger partial charge in [0.1, 0.15) is 10.6 Å². The van der Waals surface area contributed by atoms with E-state index < -0.39 is 0 Å². The molecule has 1 amide bonds. The van der Waals surface area contributed by atoms with Crippen molar-refractivity contribution in [1.82, 2.24) is 14.5 Å². The number of fused-ring (bicyclic) bond motifs is 1. The maximum atomic E-state index is 12.7. The number of benzene rings is 1. The van der Waals surface area contributed by atoms with E-state index in [1.165, 1.54) is 33.6 Å². The zero-order valence-corrected chi connectivity index (χ0v) is 19.1. The van der Waals surface area contributed by atoms with Gasteiger partial charge in [-0.1, -0.05) is 0 Å². The average molecular weight is 455 g/mol. The Morgan fingerprint density at radius 1 is 1.23 bits per heavy atom. The summed E-state index contributed by atoms with van der Waals surface area (Å²) in [6, 6.07) is 7.68. The molecule has 0 aliphatic carbocycles. The lowest BCUT2D eigenvalue weighted by molar-refractivity contribution is -0.116.